The van der Waals surface area contributed by atoms with Crippen molar-refractivity contribution in [2.75, 3.05) is 20.2 Å². The van der Waals surface area contributed by atoms with Crippen molar-refractivity contribution in [3.05, 3.63) is 28.8 Å². The van der Waals surface area contributed by atoms with E-state index in [-0.39, 0.29) is 35.0 Å². The Bertz CT molecular complexity index is 763. The predicted octanol–water partition coefficient (Wildman–Crippen LogP) is 1.61. The third-order valence-electron chi connectivity index (χ3n) is 3.88. The van der Waals surface area contributed by atoms with Crippen molar-refractivity contribution >= 4 is 33.6 Å². The fraction of sp³-hybridized carbons (Fsp3) is 0.429. The van der Waals surface area contributed by atoms with Crippen LogP contribution < -0.4 is 0 Å². The maximum atomic E-state index is 12.7. The van der Waals surface area contributed by atoms with Crippen LogP contribution in [0.1, 0.15) is 23.7 Å². The highest BCUT2D eigenvalue weighted by atomic mass is 35.5. The van der Waals surface area contributed by atoms with Crippen molar-refractivity contribution in [1.82, 2.24) is 4.31 Å². The zero-order valence-corrected chi connectivity index (χ0v) is 14.1. The number of carbonyl (C=O) groups is 2. The molecule has 1 aromatic rings. The van der Waals surface area contributed by atoms with E-state index >= 15 is 0 Å². The number of nitrogens with zero attached hydrogens (tertiary/aromatic N) is 1. The van der Waals surface area contributed by atoms with E-state index < -0.39 is 27.4 Å². The number of sulfonamides is 1. The summed E-state index contributed by atoms with van der Waals surface area (Å²) in [6.45, 7) is 1.46. The van der Waals surface area contributed by atoms with Crippen molar-refractivity contribution in [3.8, 4) is 0 Å². The number of ether oxygens (including phenoxy) is 1. The summed E-state index contributed by atoms with van der Waals surface area (Å²) in [6.07, 6.45) is 0.214. The molecule has 23 heavy (non-hydrogen) atoms. The van der Waals surface area contributed by atoms with E-state index in [1.807, 2.05) is 0 Å². The molecule has 0 aliphatic carbocycles. The molecule has 1 saturated heterocycles. The number of hydrogen-bond acceptors (Lipinski definition) is 5. The summed E-state index contributed by atoms with van der Waals surface area (Å²) in [5.74, 6) is -1.75. The molecule has 1 N–H and O–H groups in total. The van der Waals surface area contributed by atoms with E-state index in [0.29, 0.717) is 0 Å². The predicted molar refractivity (Wildman–Crippen MR) is 81.9 cm³/mol. The molecule has 0 spiro atoms. The molecule has 1 aliphatic rings. The highest BCUT2D eigenvalue weighted by molar-refractivity contribution is 7.89. The second-order valence-corrected chi connectivity index (χ2v) is 8.00. The highest BCUT2D eigenvalue weighted by Crippen LogP contribution is 2.34. The molecule has 7 nitrogen and oxygen atoms in total. The van der Waals surface area contributed by atoms with E-state index in [9.17, 15) is 23.1 Å². The van der Waals surface area contributed by atoms with Gasteiger partial charge < -0.3 is 9.84 Å². The zero-order chi connectivity index (χ0) is 17.4. The van der Waals surface area contributed by atoms with Gasteiger partial charge in [0.25, 0.3) is 0 Å². The Balaban J connectivity index is 2.40. The number of aliphatic carboxylic acids is 1. The first-order chi connectivity index (χ1) is 10.6. The molecular formula is C14H16ClNO6S. The minimum atomic E-state index is -3.95. The largest absolute Gasteiger partial charge is 0.481 e. The van der Waals surface area contributed by atoms with Gasteiger partial charge in [-0.25, -0.2) is 13.2 Å². The average molecular weight is 362 g/mol. The normalized spacial score (nSPS) is 22.0. The monoisotopic (exact) mass is 361 g/mol. The molecule has 0 bridgehead atoms. The Kier molecular flexibility index (Phi) is 4.70. The van der Waals surface area contributed by atoms with Gasteiger partial charge in [-0.05, 0) is 31.5 Å². The first-order valence-electron chi connectivity index (χ1n) is 6.72. The van der Waals surface area contributed by atoms with Crippen LogP contribution in [0, 0.1) is 5.41 Å². The maximum absolute atomic E-state index is 12.7. The summed E-state index contributed by atoms with van der Waals surface area (Å²) in [7, 11) is -2.78. The summed E-state index contributed by atoms with van der Waals surface area (Å²) in [4.78, 5) is 22.7. The zero-order valence-electron chi connectivity index (χ0n) is 12.6. The van der Waals surface area contributed by atoms with Gasteiger partial charge in [0.15, 0.2) is 0 Å². The summed E-state index contributed by atoms with van der Waals surface area (Å²) < 4.78 is 31.0. The van der Waals surface area contributed by atoms with Gasteiger partial charge in [-0.3, -0.25) is 4.79 Å². The van der Waals surface area contributed by atoms with E-state index in [1.54, 1.807) is 0 Å². The Morgan fingerprint density at radius 2 is 2.00 bits per heavy atom. The number of carboxylic acids is 1. The molecule has 1 aliphatic heterocycles. The van der Waals surface area contributed by atoms with Crippen LogP contribution in [-0.4, -0.2) is 50.0 Å². The molecular weight excluding hydrogens is 346 g/mol. The van der Waals surface area contributed by atoms with Gasteiger partial charge in [-0.1, -0.05) is 11.6 Å². The number of hydrogen-bond donors (Lipinski definition) is 1. The molecule has 1 aromatic carbocycles. The van der Waals surface area contributed by atoms with Crippen LogP contribution in [0.3, 0.4) is 0 Å². The molecule has 0 radical (unpaired) electrons. The quantitative estimate of drug-likeness (QED) is 0.817. The van der Waals surface area contributed by atoms with Gasteiger partial charge in [-0.2, -0.15) is 4.31 Å². The SMILES string of the molecule is COC(=O)c1cc(Cl)cc(S(=O)(=O)N2CCC(C)(C(=O)O)C2)c1. The highest BCUT2D eigenvalue weighted by Gasteiger charge is 2.45. The van der Waals surface area contributed by atoms with Gasteiger partial charge in [0.05, 0.1) is 23.0 Å². The third kappa shape index (κ3) is 3.34. The van der Waals surface area contributed by atoms with Gasteiger partial charge in [-0.15, -0.1) is 0 Å². The standard InChI is InChI=1S/C14H16ClNO6S/c1-14(13(18)19)3-4-16(8-14)23(20,21)11-6-9(12(17)22-2)5-10(15)7-11/h5-7H,3-4,8H2,1-2H3,(H,18,19). The smallest absolute Gasteiger partial charge is 0.337 e. The van der Waals surface area contributed by atoms with Gasteiger partial charge >= 0.3 is 11.9 Å². The Morgan fingerprint density at radius 3 is 2.52 bits per heavy atom. The van der Waals surface area contributed by atoms with Crippen molar-refractivity contribution < 1.29 is 27.9 Å². The Hall–Kier alpha value is -1.64. The van der Waals surface area contributed by atoms with E-state index in [1.165, 1.54) is 32.2 Å². The van der Waals surface area contributed by atoms with Crippen LogP contribution in [0.5, 0.6) is 0 Å². The van der Waals surface area contributed by atoms with Crippen LogP contribution in [0.25, 0.3) is 0 Å². The maximum Gasteiger partial charge on any atom is 0.337 e. The minimum Gasteiger partial charge on any atom is -0.481 e. The van der Waals surface area contributed by atoms with Gasteiger partial charge in [0, 0.05) is 18.1 Å². The van der Waals surface area contributed by atoms with Gasteiger partial charge in [0.2, 0.25) is 10.0 Å². The lowest BCUT2D eigenvalue weighted by molar-refractivity contribution is -0.146. The summed E-state index contributed by atoms with van der Waals surface area (Å²) >= 11 is 5.89. The molecule has 1 heterocycles. The number of benzene rings is 1. The Morgan fingerprint density at radius 1 is 1.35 bits per heavy atom. The van der Waals surface area contributed by atoms with Crippen molar-refractivity contribution in [2.24, 2.45) is 5.41 Å². The second-order valence-electron chi connectivity index (χ2n) is 5.62. The van der Waals surface area contributed by atoms with E-state index in [2.05, 4.69) is 4.74 Å². The van der Waals surface area contributed by atoms with Crippen LogP contribution in [0.4, 0.5) is 0 Å². The van der Waals surface area contributed by atoms with E-state index in [4.69, 9.17) is 11.6 Å². The molecule has 126 valence electrons. The average Bonchev–Trinajstić information content (AvgIpc) is 2.90. The van der Waals surface area contributed by atoms with E-state index in [0.717, 1.165) is 4.31 Å². The van der Waals surface area contributed by atoms with Crippen LogP contribution >= 0.6 is 11.6 Å². The number of carboxylic acid groups (broad SMARTS) is 1. The first-order valence-corrected chi connectivity index (χ1v) is 8.54. The fourth-order valence-electron chi connectivity index (χ4n) is 2.39. The lowest BCUT2D eigenvalue weighted by Crippen LogP contribution is -2.35. The molecule has 1 atom stereocenters. The van der Waals surface area contributed by atoms with Gasteiger partial charge in [0.1, 0.15) is 0 Å². The lowest BCUT2D eigenvalue weighted by Gasteiger charge is -2.20. The molecule has 9 heteroatoms. The topological polar surface area (TPSA) is 101 Å². The number of carbonyl (C=O) groups excluding carboxylic acids is 1. The van der Waals surface area contributed by atoms with Crippen LogP contribution in [-0.2, 0) is 19.6 Å². The number of methoxy groups -OCH3 is 1. The fourth-order valence-corrected chi connectivity index (χ4v) is 4.33. The van der Waals surface area contributed by atoms with Crippen LogP contribution in [0.15, 0.2) is 23.1 Å². The molecule has 2 rings (SSSR count). The summed E-state index contributed by atoms with van der Waals surface area (Å²) in [6, 6.07) is 3.70. The third-order valence-corrected chi connectivity index (χ3v) is 5.93. The Labute approximate surface area is 138 Å². The van der Waals surface area contributed by atoms with Crippen molar-refractivity contribution in [2.45, 2.75) is 18.2 Å². The number of esters is 1. The van der Waals surface area contributed by atoms with Crippen LogP contribution in [0.2, 0.25) is 5.02 Å². The molecule has 0 aromatic heterocycles. The molecule has 1 unspecified atom stereocenters. The summed E-state index contributed by atoms with van der Waals surface area (Å²) in [5, 5.41) is 9.29. The first kappa shape index (κ1) is 17.7. The summed E-state index contributed by atoms with van der Waals surface area (Å²) in [5.41, 5.74) is -1.12. The molecule has 0 amide bonds. The molecule has 0 saturated carbocycles. The minimum absolute atomic E-state index is 0.0127. The van der Waals surface area contributed by atoms with Crippen molar-refractivity contribution in [3.63, 3.8) is 0 Å². The number of halogens is 1. The second kappa shape index (κ2) is 6.10. The lowest BCUT2D eigenvalue weighted by atomic mass is 9.90. The molecule has 1 fully saturated rings. The number of rotatable bonds is 4. The van der Waals surface area contributed by atoms with Crippen molar-refractivity contribution in [1.29, 1.82) is 0 Å².